The van der Waals surface area contributed by atoms with E-state index in [2.05, 4.69) is 10.6 Å². The summed E-state index contributed by atoms with van der Waals surface area (Å²) in [5.41, 5.74) is 1.53. The van der Waals surface area contributed by atoms with Gasteiger partial charge in [-0.3, -0.25) is 14.5 Å². The van der Waals surface area contributed by atoms with Crippen LogP contribution in [0, 0.1) is 5.82 Å². The Morgan fingerprint density at radius 2 is 1.79 bits per heavy atom. The van der Waals surface area contributed by atoms with Crippen LogP contribution in [0.1, 0.15) is 56.7 Å². The largest absolute Gasteiger partial charge is 0.325 e. The van der Waals surface area contributed by atoms with Gasteiger partial charge in [-0.05, 0) is 54.2 Å². The first-order chi connectivity index (χ1) is 15.8. The van der Waals surface area contributed by atoms with Crippen LogP contribution in [-0.2, 0) is 28.0 Å². The van der Waals surface area contributed by atoms with Crippen LogP contribution in [0.2, 0.25) is 5.02 Å². The van der Waals surface area contributed by atoms with Gasteiger partial charge in [0.05, 0.1) is 0 Å². The number of amides is 4. The maximum Gasteiger partial charge on any atom is 0.325 e. The van der Waals surface area contributed by atoms with Crippen molar-refractivity contribution >= 4 is 35.1 Å². The predicted octanol–water partition coefficient (Wildman–Crippen LogP) is 5.18. The SMILES string of the molecule is CCCCC1(c2ccc(F)cc2)NC(=O)N(CC(=O)Nc2c(CC)ccc(Cl)c2CC)C1=O. The standard InChI is InChI=1S/C25H29ClFN3O3/c1-4-7-14-25(17-9-11-18(27)12-10-17)23(32)30(24(33)29-25)15-21(31)28-22-16(5-2)8-13-20(26)19(22)6-3/h8-13H,4-7,14-15H2,1-3H3,(H,28,31)(H,29,33). The summed E-state index contributed by atoms with van der Waals surface area (Å²) in [4.78, 5) is 40.1. The number of carbonyl (C=O) groups excluding carboxylic acids is 3. The fraction of sp³-hybridized carbons (Fsp3) is 0.400. The molecular formula is C25H29ClFN3O3. The lowest BCUT2D eigenvalue weighted by Gasteiger charge is -2.27. The minimum absolute atomic E-state index is 0.353. The Balaban J connectivity index is 1.87. The van der Waals surface area contributed by atoms with Crippen molar-refractivity contribution in [2.75, 3.05) is 11.9 Å². The molecule has 1 saturated heterocycles. The van der Waals surface area contributed by atoms with Crippen molar-refractivity contribution in [2.45, 2.75) is 58.4 Å². The molecule has 0 bridgehead atoms. The first kappa shape index (κ1) is 24.7. The summed E-state index contributed by atoms with van der Waals surface area (Å²) in [5, 5.41) is 6.19. The molecule has 0 aliphatic carbocycles. The molecule has 33 heavy (non-hydrogen) atoms. The van der Waals surface area contributed by atoms with Crippen molar-refractivity contribution in [1.29, 1.82) is 0 Å². The number of imide groups is 1. The molecule has 0 spiro atoms. The van der Waals surface area contributed by atoms with Gasteiger partial charge < -0.3 is 10.6 Å². The Hall–Kier alpha value is -2.93. The molecule has 1 aliphatic rings. The van der Waals surface area contributed by atoms with Gasteiger partial charge in [-0.2, -0.15) is 0 Å². The number of nitrogens with zero attached hydrogens (tertiary/aromatic N) is 1. The van der Waals surface area contributed by atoms with Crippen LogP contribution in [-0.4, -0.2) is 29.3 Å². The van der Waals surface area contributed by atoms with Crippen molar-refractivity contribution in [3.05, 3.63) is 63.9 Å². The average molecular weight is 474 g/mol. The quantitative estimate of drug-likeness (QED) is 0.492. The third-order valence-electron chi connectivity index (χ3n) is 6.06. The number of unbranched alkanes of at least 4 members (excludes halogenated alkanes) is 1. The summed E-state index contributed by atoms with van der Waals surface area (Å²) in [6, 6.07) is 8.53. The summed E-state index contributed by atoms with van der Waals surface area (Å²) >= 11 is 6.32. The summed E-state index contributed by atoms with van der Waals surface area (Å²) in [6.07, 6.45) is 3.14. The van der Waals surface area contributed by atoms with Crippen molar-refractivity contribution in [3.63, 3.8) is 0 Å². The Morgan fingerprint density at radius 3 is 2.39 bits per heavy atom. The maximum atomic E-state index is 13.5. The Labute approximate surface area is 198 Å². The number of nitrogens with one attached hydrogen (secondary N) is 2. The van der Waals surface area contributed by atoms with Crippen molar-refractivity contribution < 1.29 is 18.8 Å². The van der Waals surface area contributed by atoms with E-state index in [4.69, 9.17) is 11.6 Å². The first-order valence-corrected chi connectivity index (χ1v) is 11.6. The van der Waals surface area contributed by atoms with Crippen LogP contribution in [0.25, 0.3) is 0 Å². The zero-order valence-corrected chi connectivity index (χ0v) is 19.9. The van der Waals surface area contributed by atoms with Crippen molar-refractivity contribution in [1.82, 2.24) is 10.2 Å². The number of rotatable bonds is 9. The maximum absolute atomic E-state index is 13.5. The highest BCUT2D eigenvalue weighted by Crippen LogP contribution is 2.35. The van der Waals surface area contributed by atoms with Crippen LogP contribution < -0.4 is 10.6 Å². The zero-order chi connectivity index (χ0) is 24.2. The predicted molar refractivity (Wildman–Crippen MR) is 127 cm³/mol. The Morgan fingerprint density at radius 1 is 1.09 bits per heavy atom. The normalized spacial score (nSPS) is 17.9. The second-order valence-electron chi connectivity index (χ2n) is 8.15. The highest BCUT2D eigenvalue weighted by atomic mass is 35.5. The lowest BCUT2D eigenvalue weighted by atomic mass is 9.85. The fourth-order valence-corrected chi connectivity index (χ4v) is 4.54. The Bertz CT molecular complexity index is 1060. The molecule has 2 aromatic carbocycles. The topological polar surface area (TPSA) is 78.5 Å². The molecule has 4 amide bonds. The molecule has 0 aromatic heterocycles. The third kappa shape index (κ3) is 4.88. The van der Waals surface area contributed by atoms with Crippen molar-refractivity contribution in [2.24, 2.45) is 0 Å². The van der Waals surface area contributed by atoms with Crippen LogP contribution in [0.3, 0.4) is 0 Å². The van der Waals surface area contributed by atoms with E-state index in [1.165, 1.54) is 24.3 Å². The average Bonchev–Trinajstić information content (AvgIpc) is 3.03. The minimum Gasteiger partial charge on any atom is -0.324 e. The number of hydrogen-bond donors (Lipinski definition) is 2. The smallest absolute Gasteiger partial charge is 0.324 e. The number of benzene rings is 2. The molecule has 1 atom stereocenters. The number of aryl methyl sites for hydroxylation is 1. The number of anilines is 1. The van der Waals surface area contributed by atoms with Gasteiger partial charge in [-0.1, -0.05) is 63.4 Å². The van der Waals surface area contributed by atoms with Gasteiger partial charge in [0.15, 0.2) is 0 Å². The van der Waals surface area contributed by atoms with E-state index >= 15 is 0 Å². The van der Waals surface area contributed by atoms with E-state index in [1.54, 1.807) is 6.07 Å². The summed E-state index contributed by atoms with van der Waals surface area (Å²) in [6.45, 7) is 5.46. The van der Waals surface area contributed by atoms with E-state index in [9.17, 15) is 18.8 Å². The van der Waals surface area contributed by atoms with E-state index in [-0.39, 0.29) is 0 Å². The fourth-order valence-electron chi connectivity index (χ4n) is 4.24. The first-order valence-electron chi connectivity index (χ1n) is 11.3. The van der Waals surface area contributed by atoms with Gasteiger partial charge in [-0.25, -0.2) is 9.18 Å². The van der Waals surface area contributed by atoms with Crippen LogP contribution >= 0.6 is 11.6 Å². The molecule has 2 N–H and O–H groups in total. The van der Waals surface area contributed by atoms with E-state index in [0.29, 0.717) is 42.0 Å². The highest BCUT2D eigenvalue weighted by molar-refractivity contribution is 6.32. The molecule has 8 heteroatoms. The minimum atomic E-state index is -1.32. The molecule has 1 heterocycles. The van der Waals surface area contributed by atoms with Crippen LogP contribution in [0.15, 0.2) is 36.4 Å². The molecule has 6 nitrogen and oxygen atoms in total. The second kappa shape index (κ2) is 10.3. The molecule has 3 rings (SSSR count). The molecule has 1 fully saturated rings. The van der Waals surface area contributed by atoms with Gasteiger partial charge >= 0.3 is 6.03 Å². The van der Waals surface area contributed by atoms with Gasteiger partial charge in [0.1, 0.15) is 17.9 Å². The molecule has 1 aliphatic heterocycles. The van der Waals surface area contributed by atoms with Gasteiger partial charge in [0, 0.05) is 10.7 Å². The number of halogens is 2. The lowest BCUT2D eigenvalue weighted by molar-refractivity contribution is -0.134. The van der Waals surface area contributed by atoms with E-state index < -0.39 is 35.7 Å². The van der Waals surface area contributed by atoms with E-state index in [0.717, 1.165) is 22.4 Å². The van der Waals surface area contributed by atoms with Gasteiger partial charge in [0.25, 0.3) is 5.91 Å². The number of urea groups is 1. The number of carbonyl (C=O) groups is 3. The molecule has 176 valence electrons. The molecular weight excluding hydrogens is 445 g/mol. The molecule has 2 aromatic rings. The van der Waals surface area contributed by atoms with Crippen LogP contribution in [0.4, 0.5) is 14.9 Å². The third-order valence-corrected chi connectivity index (χ3v) is 6.41. The van der Waals surface area contributed by atoms with E-state index in [1.807, 2.05) is 26.8 Å². The summed E-state index contributed by atoms with van der Waals surface area (Å²) in [7, 11) is 0. The monoisotopic (exact) mass is 473 g/mol. The van der Waals surface area contributed by atoms with Crippen molar-refractivity contribution in [3.8, 4) is 0 Å². The van der Waals surface area contributed by atoms with Crippen LogP contribution in [0.5, 0.6) is 0 Å². The van der Waals surface area contributed by atoms with Gasteiger partial charge in [0.2, 0.25) is 5.91 Å². The second-order valence-corrected chi connectivity index (χ2v) is 8.56. The molecule has 0 radical (unpaired) electrons. The Kier molecular flexibility index (Phi) is 7.74. The molecule has 0 saturated carbocycles. The zero-order valence-electron chi connectivity index (χ0n) is 19.1. The summed E-state index contributed by atoms with van der Waals surface area (Å²) < 4.78 is 13.5. The number of hydrogen-bond acceptors (Lipinski definition) is 3. The van der Waals surface area contributed by atoms with Gasteiger partial charge in [-0.15, -0.1) is 0 Å². The lowest BCUT2D eigenvalue weighted by Crippen LogP contribution is -2.44. The molecule has 1 unspecified atom stereocenters. The highest BCUT2D eigenvalue weighted by Gasteiger charge is 2.52. The summed E-state index contributed by atoms with van der Waals surface area (Å²) in [5.74, 6) is -1.44.